The van der Waals surface area contributed by atoms with Crippen molar-refractivity contribution < 1.29 is 14.3 Å². The Morgan fingerprint density at radius 1 is 1.18 bits per heavy atom. The van der Waals surface area contributed by atoms with Gasteiger partial charge in [0.15, 0.2) is 12.4 Å². The first-order valence-corrected chi connectivity index (χ1v) is 9.48. The number of aryl methyl sites for hydroxylation is 1. The van der Waals surface area contributed by atoms with Gasteiger partial charge in [-0.1, -0.05) is 20.8 Å². The van der Waals surface area contributed by atoms with Crippen molar-refractivity contribution in [2.45, 2.75) is 41.2 Å². The number of anilines is 3. The molecular weight excluding hydrogens is 380 g/mol. The molecule has 0 aromatic carbocycles. The average molecular weight is 407 g/mol. The average Bonchev–Trinajstić information content (AvgIpc) is 2.85. The van der Waals surface area contributed by atoms with E-state index in [1.807, 2.05) is 13.8 Å². The van der Waals surface area contributed by atoms with E-state index < -0.39 is 11.4 Å². The molecule has 0 unspecified atom stereocenters. The fourth-order valence-electron chi connectivity index (χ4n) is 2.14. The standard InChI is InChI=1S/C18H26N6O3S/c1-9-10(2)28-13(22-15(26)18(3,4)5)12(9)14(25)27-8-11-20-16(19)23-17(21-11)24(6)7/h8H2,1-7H3,(H,22,26)(H2,19,20,21,23). The van der Waals surface area contributed by atoms with Gasteiger partial charge in [0.2, 0.25) is 17.8 Å². The van der Waals surface area contributed by atoms with E-state index in [4.69, 9.17) is 10.5 Å². The van der Waals surface area contributed by atoms with Crippen molar-refractivity contribution in [3.05, 3.63) is 21.8 Å². The van der Waals surface area contributed by atoms with Crippen LogP contribution in [0.2, 0.25) is 0 Å². The number of nitrogen functional groups attached to an aromatic ring is 1. The first-order chi connectivity index (χ1) is 12.9. The highest BCUT2D eigenvalue weighted by atomic mass is 32.1. The Morgan fingerprint density at radius 2 is 1.82 bits per heavy atom. The van der Waals surface area contributed by atoms with Gasteiger partial charge in [0.05, 0.1) is 5.56 Å². The molecule has 0 bridgehead atoms. The fraction of sp³-hybridized carbons (Fsp3) is 0.500. The van der Waals surface area contributed by atoms with Gasteiger partial charge in [0.25, 0.3) is 0 Å². The van der Waals surface area contributed by atoms with Crippen LogP contribution in [0, 0.1) is 19.3 Å². The van der Waals surface area contributed by atoms with Gasteiger partial charge in [0, 0.05) is 24.4 Å². The zero-order chi connectivity index (χ0) is 21.2. The Hall–Kier alpha value is -2.75. The zero-order valence-electron chi connectivity index (χ0n) is 17.2. The molecule has 0 aliphatic rings. The summed E-state index contributed by atoms with van der Waals surface area (Å²) in [7, 11) is 3.54. The lowest BCUT2D eigenvalue weighted by atomic mass is 9.96. The van der Waals surface area contributed by atoms with Crippen LogP contribution in [-0.2, 0) is 16.1 Å². The minimum absolute atomic E-state index is 0.0467. The number of aromatic nitrogens is 3. The number of nitrogens with one attached hydrogen (secondary N) is 1. The quantitative estimate of drug-likeness (QED) is 0.726. The van der Waals surface area contributed by atoms with Crippen molar-refractivity contribution in [2.75, 3.05) is 30.0 Å². The number of hydrogen-bond acceptors (Lipinski definition) is 9. The van der Waals surface area contributed by atoms with Crippen LogP contribution >= 0.6 is 11.3 Å². The molecule has 28 heavy (non-hydrogen) atoms. The molecular formula is C18H26N6O3S. The summed E-state index contributed by atoms with van der Waals surface area (Å²) < 4.78 is 5.40. The summed E-state index contributed by atoms with van der Waals surface area (Å²) in [5.74, 6) is -0.0702. The lowest BCUT2D eigenvalue weighted by Gasteiger charge is -2.17. The second kappa shape index (κ2) is 8.09. The van der Waals surface area contributed by atoms with E-state index in [-0.39, 0.29) is 24.3 Å². The van der Waals surface area contributed by atoms with Crippen LogP contribution < -0.4 is 16.0 Å². The molecule has 152 valence electrons. The number of carbonyl (C=O) groups is 2. The summed E-state index contributed by atoms with van der Waals surface area (Å²) in [6.45, 7) is 8.97. The molecule has 0 fully saturated rings. The second-order valence-electron chi connectivity index (χ2n) is 7.57. The fourth-order valence-corrected chi connectivity index (χ4v) is 3.19. The van der Waals surface area contributed by atoms with Crippen LogP contribution in [0.15, 0.2) is 0 Å². The molecule has 2 heterocycles. The van der Waals surface area contributed by atoms with E-state index in [2.05, 4.69) is 20.3 Å². The van der Waals surface area contributed by atoms with Crippen LogP contribution in [0.5, 0.6) is 0 Å². The Balaban J connectivity index is 2.22. The summed E-state index contributed by atoms with van der Waals surface area (Å²) in [5, 5.41) is 3.31. The topological polar surface area (TPSA) is 123 Å². The number of amides is 1. The molecule has 10 heteroatoms. The van der Waals surface area contributed by atoms with E-state index in [9.17, 15) is 9.59 Å². The van der Waals surface area contributed by atoms with Gasteiger partial charge in [-0.3, -0.25) is 4.79 Å². The van der Waals surface area contributed by atoms with Gasteiger partial charge in [-0.2, -0.15) is 15.0 Å². The Kier molecular flexibility index (Phi) is 6.23. The lowest BCUT2D eigenvalue weighted by Crippen LogP contribution is -2.28. The molecule has 0 radical (unpaired) electrons. The Bertz CT molecular complexity index is 901. The van der Waals surface area contributed by atoms with Crippen molar-refractivity contribution in [1.82, 2.24) is 15.0 Å². The summed E-state index contributed by atoms with van der Waals surface area (Å²) in [4.78, 5) is 39.9. The predicted octanol–water partition coefficient (Wildman–Crippen LogP) is 2.54. The number of esters is 1. The first kappa shape index (κ1) is 21.5. The summed E-state index contributed by atoms with van der Waals surface area (Å²) in [6.07, 6.45) is 0. The number of carbonyl (C=O) groups excluding carboxylic acids is 2. The van der Waals surface area contributed by atoms with E-state index in [1.54, 1.807) is 39.8 Å². The largest absolute Gasteiger partial charge is 0.454 e. The number of hydrogen-bond donors (Lipinski definition) is 2. The van der Waals surface area contributed by atoms with E-state index in [0.717, 1.165) is 10.4 Å². The molecule has 0 saturated carbocycles. The molecule has 2 aromatic rings. The molecule has 0 atom stereocenters. The molecule has 0 saturated heterocycles. The normalized spacial score (nSPS) is 11.2. The van der Waals surface area contributed by atoms with Gasteiger partial charge >= 0.3 is 5.97 Å². The van der Waals surface area contributed by atoms with Crippen LogP contribution in [0.3, 0.4) is 0 Å². The van der Waals surface area contributed by atoms with E-state index in [0.29, 0.717) is 16.5 Å². The van der Waals surface area contributed by atoms with Crippen molar-refractivity contribution in [3.8, 4) is 0 Å². The predicted molar refractivity (Wildman–Crippen MR) is 110 cm³/mol. The molecule has 2 aromatic heterocycles. The summed E-state index contributed by atoms with van der Waals surface area (Å²) in [5.41, 5.74) is 6.21. The zero-order valence-corrected chi connectivity index (χ0v) is 18.0. The molecule has 0 spiro atoms. The van der Waals surface area contributed by atoms with Gasteiger partial charge in [0.1, 0.15) is 5.00 Å². The Morgan fingerprint density at radius 3 is 2.39 bits per heavy atom. The van der Waals surface area contributed by atoms with Crippen molar-refractivity contribution in [2.24, 2.45) is 5.41 Å². The van der Waals surface area contributed by atoms with Gasteiger partial charge in [-0.25, -0.2) is 4.79 Å². The highest BCUT2D eigenvalue weighted by Gasteiger charge is 2.27. The third kappa shape index (κ3) is 4.94. The number of nitrogens with two attached hydrogens (primary N) is 1. The molecule has 0 aliphatic carbocycles. The number of nitrogens with zero attached hydrogens (tertiary/aromatic N) is 4. The van der Waals surface area contributed by atoms with E-state index in [1.165, 1.54) is 11.3 Å². The third-order valence-corrected chi connectivity index (χ3v) is 5.04. The maximum Gasteiger partial charge on any atom is 0.341 e. The van der Waals surface area contributed by atoms with Crippen molar-refractivity contribution in [3.63, 3.8) is 0 Å². The monoisotopic (exact) mass is 406 g/mol. The second-order valence-corrected chi connectivity index (χ2v) is 8.80. The van der Waals surface area contributed by atoms with Crippen LogP contribution in [0.1, 0.15) is 47.4 Å². The summed E-state index contributed by atoms with van der Waals surface area (Å²) >= 11 is 1.34. The minimum atomic E-state index is -0.585. The third-order valence-electron chi connectivity index (χ3n) is 3.92. The smallest absolute Gasteiger partial charge is 0.341 e. The van der Waals surface area contributed by atoms with Crippen molar-refractivity contribution >= 4 is 40.1 Å². The molecule has 2 rings (SSSR count). The molecule has 3 N–H and O–H groups in total. The van der Waals surface area contributed by atoms with Gasteiger partial charge < -0.3 is 20.7 Å². The maximum absolute atomic E-state index is 12.7. The van der Waals surface area contributed by atoms with Crippen LogP contribution in [-0.4, -0.2) is 40.9 Å². The molecule has 0 aliphatic heterocycles. The molecule has 9 nitrogen and oxygen atoms in total. The Labute approximate surface area is 168 Å². The highest BCUT2D eigenvalue weighted by Crippen LogP contribution is 2.34. The lowest BCUT2D eigenvalue weighted by molar-refractivity contribution is -0.123. The molecule has 1 amide bonds. The van der Waals surface area contributed by atoms with Crippen LogP contribution in [0.4, 0.5) is 16.9 Å². The van der Waals surface area contributed by atoms with Gasteiger partial charge in [-0.05, 0) is 19.4 Å². The highest BCUT2D eigenvalue weighted by molar-refractivity contribution is 7.16. The first-order valence-electron chi connectivity index (χ1n) is 8.66. The number of thiophene rings is 1. The number of rotatable bonds is 5. The SMILES string of the molecule is Cc1sc(NC(=O)C(C)(C)C)c(C(=O)OCc2nc(N)nc(N(C)C)n2)c1C. The van der Waals surface area contributed by atoms with Crippen LogP contribution in [0.25, 0.3) is 0 Å². The van der Waals surface area contributed by atoms with Gasteiger partial charge in [-0.15, -0.1) is 11.3 Å². The van der Waals surface area contributed by atoms with E-state index >= 15 is 0 Å². The minimum Gasteiger partial charge on any atom is -0.454 e. The summed E-state index contributed by atoms with van der Waals surface area (Å²) in [6, 6.07) is 0. The van der Waals surface area contributed by atoms with Crippen molar-refractivity contribution in [1.29, 1.82) is 0 Å². The maximum atomic E-state index is 12.7. The number of ether oxygens (including phenoxy) is 1.